The minimum atomic E-state index is -0.241. The first-order valence-electron chi connectivity index (χ1n) is 6.60. The van der Waals surface area contributed by atoms with Gasteiger partial charge >= 0.3 is 5.97 Å². The zero-order chi connectivity index (χ0) is 14.5. The smallest absolute Gasteiger partial charge is 0.310 e. The van der Waals surface area contributed by atoms with Crippen LogP contribution in [-0.2, 0) is 22.6 Å². The maximum absolute atomic E-state index is 11.8. The third-order valence-electron chi connectivity index (χ3n) is 2.98. The Labute approximate surface area is 119 Å². The molecule has 2 aromatic rings. The number of ether oxygens (including phenoxy) is 1. The SMILES string of the molecule is Cc1cc(C)cc(COC(=O)Cc2cccc(N)c2)c1. The molecule has 2 N–H and O–H groups in total. The zero-order valence-corrected chi connectivity index (χ0v) is 11.8. The summed E-state index contributed by atoms with van der Waals surface area (Å²) in [6, 6.07) is 13.4. The van der Waals surface area contributed by atoms with E-state index in [1.165, 1.54) is 11.1 Å². The van der Waals surface area contributed by atoms with Gasteiger partial charge in [0, 0.05) is 5.69 Å². The van der Waals surface area contributed by atoms with Crippen LogP contribution >= 0.6 is 0 Å². The lowest BCUT2D eigenvalue weighted by Gasteiger charge is -2.07. The largest absolute Gasteiger partial charge is 0.461 e. The lowest BCUT2D eigenvalue weighted by Crippen LogP contribution is -2.08. The van der Waals surface area contributed by atoms with Crippen LogP contribution in [0.2, 0.25) is 0 Å². The Bertz CT molecular complexity index is 600. The van der Waals surface area contributed by atoms with Crippen molar-refractivity contribution in [3.05, 3.63) is 64.7 Å². The Morgan fingerprint density at radius 2 is 1.75 bits per heavy atom. The summed E-state index contributed by atoms with van der Waals surface area (Å²) in [5, 5.41) is 0. The topological polar surface area (TPSA) is 52.3 Å². The van der Waals surface area contributed by atoms with Crippen molar-refractivity contribution in [3.63, 3.8) is 0 Å². The fourth-order valence-electron chi connectivity index (χ4n) is 2.24. The van der Waals surface area contributed by atoms with Gasteiger partial charge in [-0.3, -0.25) is 4.79 Å². The summed E-state index contributed by atoms with van der Waals surface area (Å²) in [4.78, 5) is 11.8. The second kappa shape index (κ2) is 6.24. The molecule has 0 bridgehead atoms. The van der Waals surface area contributed by atoms with Crippen molar-refractivity contribution in [2.45, 2.75) is 26.9 Å². The fourth-order valence-corrected chi connectivity index (χ4v) is 2.24. The molecule has 0 aromatic heterocycles. The number of carbonyl (C=O) groups is 1. The summed E-state index contributed by atoms with van der Waals surface area (Å²) in [5.74, 6) is -0.241. The van der Waals surface area contributed by atoms with E-state index in [-0.39, 0.29) is 12.4 Å². The third-order valence-corrected chi connectivity index (χ3v) is 2.98. The van der Waals surface area contributed by atoms with Crippen LogP contribution in [0.3, 0.4) is 0 Å². The van der Waals surface area contributed by atoms with Crippen LogP contribution < -0.4 is 5.73 Å². The summed E-state index contributed by atoms with van der Waals surface area (Å²) in [6.07, 6.45) is 0.246. The van der Waals surface area contributed by atoms with Crippen molar-refractivity contribution >= 4 is 11.7 Å². The van der Waals surface area contributed by atoms with Gasteiger partial charge in [-0.05, 0) is 37.1 Å². The summed E-state index contributed by atoms with van der Waals surface area (Å²) in [6.45, 7) is 4.37. The first kappa shape index (κ1) is 14.1. The van der Waals surface area contributed by atoms with Gasteiger partial charge in [0.05, 0.1) is 6.42 Å². The van der Waals surface area contributed by atoms with Crippen LogP contribution in [0.1, 0.15) is 22.3 Å². The van der Waals surface area contributed by atoms with Gasteiger partial charge in [-0.1, -0.05) is 41.5 Å². The summed E-state index contributed by atoms with van der Waals surface area (Å²) >= 11 is 0. The van der Waals surface area contributed by atoms with E-state index in [0.717, 1.165) is 11.1 Å². The molecule has 0 saturated heterocycles. The number of esters is 1. The predicted octanol–water partition coefficient (Wildman–Crippen LogP) is 3.17. The van der Waals surface area contributed by atoms with Gasteiger partial charge in [0.25, 0.3) is 0 Å². The summed E-state index contributed by atoms with van der Waals surface area (Å²) in [5.41, 5.74) is 10.6. The standard InChI is InChI=1S/C17H19NO2/c1-12-6-13(2)8-15(7-12)11-20-17(19)10-14-4-3-5-16(18)9-14/h3-9H,10-11,18H2,1-2H3. The zero-order valence-electron chi connectivity index (χ0n) is 11.8. The van der Waals surface area contributed by atoms with Gasteiger partial charge in [0.15, 0.2) is 0 Å². The molecule has 0 aliphatic heterocycles. The lowest BCUT2D eigenvalue weighted by atomic mass is 10.1. The molecule has 0 saturated carbocycles. The van der Waals surface area contributed by atoms with E-state index in [0.29, 0.717) is 12.3 Å². The maximum atomic E-state index is 11.8. The van der Waals surface area contributed by atoms with E-state index >= 15 is 0 Å². The number of benzene rings is 2. The molecule has 3 nitrogen and oxygen atoms in total. The number of rotatable bonds is 4. The predicted molar refractivity (Wildman–Crippen MR) is 80.3 cm³/mol. The molecule has 104 valence electrons. The second-order valence-corrected chi connectivity index (χ2v) is 5.08. The molecule has 0 atom stereocenters. The molecular formula is C17H19NO2. The van der Waals surface area contributed by atoms with Crippen LogP contribution in [0.15, 0.2) is 42.5 Å². The van der Waals surface area contributed by atoms with E-state index in [1.807, 2.05) is 38.1 Å². The van der Waals surface area contributed by atoms with E-state index < -0.39 is 0 Å². The van der Waals surface area contributed by atoms with E-state index in [9.17, 15) is 4.79 Å². The highest BCUT2D eigenvalue weighted by Crippen LogP contribution is 2.11. The Kier molecular flexibility index (Phi) is 4.41. The first-order valence-corrected chi connectivity index (χ1v) is 6.60. The number of carbonyl (C=O) groups excluding carboxylic acids is 1. The van der Waals surface area contributed by atoms with Gasteiger partial charge < -0.3 is 10.5 Å². The minimum absolute atomic E-state index is 0.241. The Morgan fingerprint density at radius 1 is 1.05 bits per heavy atom. The maximum Gasteiger partial charge on any atom is 0.310 e. The van der Waals surface area contributed by atoms with Crippen LogP contribution in [0.5, 0.6) is 0 Å². The molecule has 0 aliphatic carbocycles. The molecule has 20 heavy (non-hydrogen) atoms. The number of hydrogen-bond acceptors (Lipinski definition) is 3. The quantitative estimate of drug-likeness (QED) is 0.685. The van der Waals surface area contributed by atoms with Gasteiger partial charge in [0.2, 0.25) is 0 Å². The fraction of sp³-hybridized carbons (Fsp3) is 0.235. The normalized spacial score (nSPS) is 10.3. The molecule has 0 aliphatic rings. The Hall–Kier alpha value is -2.29. The van der Waals surface area contributed by atoms with Crippen molar-refractivity contribution in [2.24, 2.45) is 0 Å². The van der Waals surface area contributed by atoms with Gasteiger partial charge in [-0.25, -0.2) is 0 Å². The van der Waals surface area contributed by atoms with Gasteiger partial charge in [-0.2, -0.15) is 0 Å². The molecule has 0 heterocycles. The summed E-state index contributed by atoms with van der Waals surface area (Å²) < 4.78 is 5.30. The van der Waals surface area contributed by atoms with Crippen molar-refractivity contribution in [1.82, 2.24) is 0 Å². The highest BCUT2D eigenvalue weighted by atomic mass is 16.5. The molecular weight excluding hydrogens is 250 g/mol. The second-order valence-electron chi connectivity index (χ2n) is 5.08. The van der Waals surface area contributed by atoms with E-state index in [2.05, 4.69) is 6.07 Å². The first-order chi connectivity index (χ1) is 9.52. The monoisotopic (exact) mass is 269 g/mol. The van der Waals surface area contributed by atoms with Crippen molar-refractivity contribution in [2.75, 3.05) is 5.73 Å². The molecule has 0 fully saturated rings. The highest BCUT2D eigenvalue weighted by Gasteiger charge is 2.06. The Morgan fingerprint density at radius 3 is 2.40 bits per heavy atom. The Balaban J connectivity index is 1.92. The number of aryl methyl sites for hydroxylation is 2. The summed E-state index contributed by atoms with van der Waals surface area (Å²) in [7, 11) is 0. The minimum Gasteiger partial charge on any atom is -0.461 e. The number of nitrogens with two attached hydrogens (primary N) is 1. The average Bonchev–Trinajstić information content (AvgIpc) is 2.35. The number of anilines is 1. The van der Waals surface area contributed by atoms with Crippen molar-refractivity contribution in [1.29, 1.82) is 0 Å². The molecule has 2 rings (SSSR count). The molecule has 3 heteroatoms. The highest BCUT2D eigenvalue weighted by molar-refractivity contribution is 5.73. The average molecular weight is 269 g/mol. The van der Waals surface area contributed by atoms with Crippen LogP contribution in [0, 0.1) is 13.8 Å². The van der Waals surface area contributed by atoms with Crippen LogP contribution in [0.25, 0.3) is 0 Å². The lowest BCUT2D eigenvalue weighted by molar-refractivity contribution is -0.144. The van der Waals surface area contributed by atoms with Crippen molar-refractivity contribution in [3.8, 4) is 0 Å². The molecule has 0 radical (unpaired) electrons. The van der Waals surface area contributed by atoms with Gasteiger partial charge in [0.1, 0.15) is 6.61 Å². The molecule has 0 unspecified atom stereocenters. The van der Waals surface area contributed by atoms with E-state index in [1.54, 1.807) is 12.1 Å². The third kappa shape index (κ3) is 4.12. The molecule has 0 spiro atoms. The van der Waals surface area contributed by atoms with Gasteiger partial charge in [-0.15, -0.1) is 0 Å². The van der Waals surface area contributed by atoms with Crippen LogP contribution in [-0.4, -0.2) is 5.97 Å². The molecule has 2 aromatic carbocycles. The number of hydrogen-bond donors (Lipinski definition) is 1. The number of nitrogen functional groups attached to an aromatic ring is 1. The van der Waals surface area contributed by atoms with E-state index in [4.69, 9.17) is 10.5 Å². The van der Waals surface area contributed by atoms with Crippen molar-refractivity contribution < 1.29 is 9.53 Å². The van der Waals surface area contributed by atoms with Crippen LogP contribution in [0.4, 0.5) is 5.69 Å². The molecule has 0 amide bonds.